The van der Waals surface area contributed by atoms with E-state index in [9.17, 15) is 4.79 Å². The highest BCUT2D eigenvalue weighted by molar-refractivity contribution is 6.03. The van der Waals surface area contributed by atoms with Crippen molar-refractivity contribution < 1.29 is 4.79 Å². The molecular formula is C20H17N5O. The third kappa shape index (κ3) is 4.02. The molecule has 2 aromatic carbocycles. The van der Waals surface area contributed by atoms with Crippen LogP contribution in [0.15, 0.2) is 60.8 Å². The second-order valence-electron chi connectivity index (χ2n) is 5.55. The quantitative estimate of drug-likeness (QED) is 0.733. The van der Waals surface area contributed by atoms with Crippen LogP contribution in [0.25, 0.3) is 0 Å². The van der Waals surface area contributed by atoms with Gasteiger partial charge in [-0.1, -0.05) is 31.2 Å². The summed E-state index contributed by atoms with van der Waals surface area (Å²) in [7, 11) is 0. The Bertz CT molecular complexity index is 978. The van der Waals surface area contributed by atoms with Crippen LogP contribution in [0.1, 0.15) is 28.5 Å². The molecule has 1 heterocycles. The Morgan fingerprint density at radius 1 is 1.15 bits per heavy atom. The molecule has 0 unspecified atom stereocenters. The van der Waals surface area contributed by atoms with Gasteiger partial charge in [0.1, 0.15) is 5.69 Å². The monoisotopic (exact) mass is 343 g/mol. The first-order valence-corrected chi connectivity index (χ1v) is 8.19. The van der Waals surface area contributed by atoms with E-state index in [1.54, 1.807) is 30.3 Å². The van der Waals surface area contributed by atoms with E-state index in [1.807, 2.05) is 30.3 Å². The molecule has 1 aromatic heterocycles. The zero-order valence-electron chi connectivity index (χ0n) is 14.2. The number of para-hydroxylation sites is 1. The van der Waals surface area contributed by atoms with Crippen LogP contribution in [0.4, 0.5) is 17.3 Å². The van der Waals surface area contributed by atoms with Crippen LogP contribution in [0.3, 0.4) is 0 Å². The number of rotatable bonds is 5. The molecule has 6 heteroatoms. The number of benzene rings is 2. The normalized spacial score (nSPS) is 10.0. The van der Waals surface area contributed by atoms with Crippen molar-refractivity contribution in [2.75, 3.05) is 10.6 Å². The number of hydrogen-bond acceptors (Lipinski definition) is 5. The highest BCUT2D eigenvalue weighted by atomic mass is 16.1. The van der Waals surface area contributed by atoms with Crippen LogP contribution in [0, 0.1) is 11.3 Å². The minimum Gasteiger partial charge on any atom is -0.324 e. The molecule has 0 aliphatic heterocycles. The van der Waals surface area contributed by atoms with Crippen molar-refractivity contribution in [3.05, 3.63) is 77.6 Å². The van der Waals surface area contributed by atoms with E-state index in [0.29, 0.717) is 17.2 Å². The molecule has 26 heavy (non-hydrogen) atoms. The van der Waals surface area contributed by atoms with Crippen molar-refractivity contribution in [3.63, 3.8) is 0 Å². The van der Waals surface area contributed by atoms with E-state index in [4.69, 9.17) is 5.26 Å². The standard InChI is InChI=1S/C20H17N5O/c1-2-15-7-3-4-9-17(15)24-20-22-11-10-18(25-20)19(26)23-16-8-5-6-14(12-16)13-21/h3-12H,2H2,1H3,(H,23,26)(H,22,24,25). The number of anilines is 3. The number of amides is 1. The van der Waals surface area contributed by atoms with Crippen molar-refractivity contribution in [1.82, 2.24) is 9.97 Å². The third-order valence-corrected chi connectivity index (χ3v) is 3.78. The van der Waals surface area contributed by atoms with Crippen LogP contribution in [0.2, 0.25) is 0 Å². The molecule has 2 N–H and O–H groups in total. The minimum absolute atomic E-state index is 0.235. The third-order valence-electron chi connectivity index (χ3n) is 3.78. The summed E-state index contributed by atoms with van der Waals surface area (Å²) in [6.07, 6.45) is 2.41. The predicted octanol–water partition coefficient (Wildman–Crippen LogP) is 3.91. The largest absolute Gasteiger partial charge is 0.324 e. The van der Waals surface area contributed by atoms with Gasteiger partial charge in [0.15, 0.2) is 0 Å². The molecule has 0 aliphatic carbocycles. The van der Waals surface area contributed by atoms with E-state index in [2.05, 4.69) is 27.5 Å². The van der Waals surface area contributed by atoms with Gasteiger partial charge in [-0.15, -0.1) is 0 Å². The molecule has 0 spiro atoms. The molecule has 0 bridgehead atoms. The maximum absolute atomic E-state index is 12.4. The number of hydrogen-bond donors (Lipinski definition) is 2. The van der Waals surface area contributed by atoms with Crippen molar-refractivity contribution in [1.29, 1.82) is 5.26 Å². The maximum atomic E-state index is 12.4. The average Bonchev–Trinajstić information content (AvgIpc) is 2.69. The molecular weight excluding hydrogens is 326 g/mol. The fourth-order valence-electron chi connectivity index (χ4n) is 2.48. The van der Waals surface area contributed by atoms with Gasteiger partial charge in [-0.25, -0.2) is 9.97 Å². The molecule has 6 nitrogen and oxygen atoms in total. The van der Waals surface area contributed by atoms with Crippen molar-refractivity contribution in [3.8, 4) is 6.07 Å². The number of carbonyl (C=O) groups is 1. The molecule has 0 aliphatic rings. The molecule has 128 valence electrons. The Labute approximate surface area is 151 Å². The molecule has 0 saturated carbocycles. The summed E-state index contributed by atoms with van der Waals surface area (Å²) in [5.74, 6) is -0.0151. The Morgan fingerprint density at radius 3 is 2.81 bits per heavy atom. The Hall–Kier alpha value is -3.72. The Morgan fingerprint density at radius 2 is 2.00 bits per heavy atom. The number of aromatic nitrogens is 2. The van der Waals surface area contributed by atoms with E-state index in [1.165, 1.54) is 6.20 Å². The Kier molecular flexibility index (Phi) is 5.20. The molecule has 0 saturated heterocycles. The molecule has 0 atom stereocenters. The maximum Gasteiger partial charge on any atom is 0.274 e. The van der Waals surface area contributed by atoms with Crippen LogP contribution in [-0.4, -0.2) is 15.9 Å². The van der Waals surface area contributed by atoms with Crippen LogP contribution < -0.4 is 10.6 Å². The lowest BCUT2D eigenvalue weighted by atomic mass is 10.1. The van der Waals surface area contributed by atoms with E-state index >= 15 is 0 Å². The number of nitriles is 1. The van der Waals surface area contributed by atoms with Crippen molar-refractivity contribution >= 4 is 23.2 Å². The van der Waals surface area contributed by atoms with Gasteiger partial charge in [0, 0.05) is 17.6 Å². The van der Waals surface area contributed by atoms with Crippen LogP contribution in [-0.2, 0) is 6.42 Å². The summed E-state index contributed by atoms with van der Waals surface area (Å²) in [6.45, 7) is 2.07. The van der Waals surface area contributed by atoms with Gasteiger partial charge in [0.2, 0.25) is 5.95 Å². The summed E-state index contributed by atoms with van der Waals surface area (Å²) >= 11 is 0. The Balaban J connectivity index is 1.78. The topological polar surface area (TPSA) is 90.7 Å². The minimum atomic E-state index is -0.366. The number of aryl methyl sites for hydroxylation is 1. The van der Waals surface area contributed by atoms with Gasteiger partial charge in [-0.05, 0) is 42.3 Å². The van der Waals surface area contributed by atoms with Crippen molar-refractivity contribution in [2.24, 2.45) is 0 Å². The number of nitrogens with zero attached hydrogens (tertiary/aromatic N) is 3. The first kappa shape index (κ1) is 17.1. The van der Waals surface area contributed by atoms with E-state index in [-0.39, 0.29) is 11.6 Å². The van der Waals surface area contributed by atoms with Gasteiger partial charge in [-0.2, -0.15) is 5.26 Å². The van der Waals surface area contributed by atoms with Crippen LogP contribution in [0.5, 0.6) is 0 Å². The highest BCUT2D eigenvalue weighted by Crippen LogP contribution is 2.19. The summed E-state index contributed by atoms with van der Waals surface area (Å²) in [6, 6.07) is 18.2. The number of nitrogens with one attached hydrogen (secondary N) is 2. The first-order valence-electron chi connectivity index (χ1n) is 8.19. The predicted molar refractivity (Wildman–Crippen MR) is 100 cm³/mol. The van der Waals surface area contributed by atoms with Crippen LogP contribution >= 0.6 is 0 Å². The van der Waals surface area contributed by atoms with Gasteiger partial charge in [-0.3, -0.25) is 4.79 Å². The molecule has 1 amide bonds. The summed E-state index contributed by atoms with van der Waals surface area (Å²) in [5, 5.41) is 14.8. The lowest BCUT2D eigenvalue weighted by Crippen LogP contribution is -2.15. The lowest BCUT2D eigenvalue weighted by Gasteiger charge is -2.10. The smallest absolute Gasteiger partial charge is 0.274 e. The van der Waals surface area contributed by atoms with E-state index in [0.717, 1.165) is 17.7 Å². The van der Waals surface area contributed by atoms with Crippen molar-refractivity contribution in [2.45, 2.75) is 13.3 Å². The zero-order valence-corrected chi connectivity index (χ0v) is 14.2. The fourth-order valence-corrected chi connectivity index (χ4v) is 2.48. The number of carbonyl (C=O) groups excluding carboxylic acids is 1. The fraction of sp³-hybridized carbons (Fsp3) is 0.100. The second kappa shape index (κ2) is 7.90. The molecule has 3 aromatic rings. The summed E-state index contributed by atoms with van der Waals surface area (Å²) < 4.78 is 0. The van der Waals surface area contributed by atoms with Gasteiger partial charge in [0.25, 0.3) is 5.91 Å². The van der Waals surface area contributed by atoms with Gasteiger partial charge >= 0.3 is 0 Å². The first-order chi connectivity index (χ1) is 12.7. The summed E-state index contributed by atoms with van der Waals surface area (Å²) in [4.78, 5) is 20.9. The average molecular weight is 343 g/mol. The molecule has 0 radical (unpaired) electrons. The molecule has 0 fully saturated rings. The lowest BCUT2D eigenvalue weighted by molar-refractivity contribution is 0.102. The van der Waals surface area contributed by atoms with E-state index < -0.39 is 0 Å². The zero-order chi connectivity index (χ0) is 18.4. The SMILES string of the molecule is CCc1ccccc1Nc1nccc(C(=O)Nc2cccc(C#N)c2)n1. The highest BCUT2D eigenvalue weighted by Gasteiger charge is 2.10. The summed E-state index contributed by atoms with van der Waals surface area (Å²) in [5.41, 5.74) is 3.30. The van der Waals surface area contributed by atoms with Gasteiger partial charge < -0.3 is 10.6 Å². The molecule has 3 rings (SSSR count). The van der Waals surface area contributed by atoms with Gasteiger partial charge in [0.05, 0.1) is 11.6 Å². The second-order valence-corrected chi connectivity index (χ2v) is 5.55.